The number of amides is 2. The lowest BCUT2D eigenvalue weighted by Crippen LogP contribution is -2.52. The van der Waals surface area contributed by atoms with Gasteiger partial charge in [0.25, 0.3) is 0 Å². The molecule has 4 heteroatoms. The number of carbonyl (C=O) groups is 1. The van der Waals surface area contributed by atoms with Gasteiger partial charge >= 0.3 is 6.03 Å². The fraction of sp³-hybridized carbons (Fsp3) is 0.900. The number of urea groups is 1. The van der Waals surface area contributed by atoms with E-state index in [4.69, 9.17) is 0 Å². The van der Waals surface area contributed by atoms with Gasteiger partial charge in [0.2, 0.25) is 0 Å². The zero-order valence-electron chi connectivity index (χ0n) is 9.34. The second kappa shape index (κ2) is 5.20. The van der Waals surface area contributed by atoms with Gasteiger partial charge in [-0.15, -0.1) is 0 Å². The second-order valence-corrected chi connectivity index (χ2v) is 4.22. The quantitative estimate of drug-likeness (QED) is 0.685. The van der Waals surface area contributed by atoms with Crippen LogP contribution in [0.2, 0.25) is 0 Å². The summed E-state index contributed by atoms with van der Waals surface area (Å²) in [6.07, 6.45) is 0. The predicted molar refractivity (Wildman–Crippen MR) is 57.3 cm³/mol. The van der Waals surface area contributed by atoms with Gasteiger partial charge in [-0.05, 0) is 12.8 Å². The minimum Gasteiger partial charge on any atom is -0.335 e. The molecule has 1 aliphatic heterocycles. The van der Waals surface area contributed by atoms with E-state index in [1.165, 1.54) is 0 Å². The number of hydrogen-bond acceptors (Lipinski definition) is 2. The summed E-state index contributed by atoms with van der Waals surface area (Å²) in [5.41, 5.74) is 0. The van der Waals surface area contributed by atoms with Crippen molar-refractivity contribution < 1.29 is 4.79 Å². The van der Waals surface area contributed by atoms with Crippen molar-refractivity contribution in [1.82, 2.24) is 15.5 Å². The Morgan fingerprint density at radius 3 is 2.36 bits per heavy atom. The molecule has 0 aromatic carbocycles. The summed E-state index contributed by atoms with van der Waals surface area (Å²) in [5, 5.41) is 6.23. The third-order valence-electron chi connectivity index (χ3n) is 2.76. The minimum absolute atomic E-state index is 0.0766. The fourth-order valence-electron chi connectivity index (χ4n) is 1.32. The number of nitrogens with zero attached hydrogens (tertiary/aromatic N) is 1. The lowest BCUT2D eigenvalue weighted by atomic mass is 10.1. The molecule has 4 nitrogen and oxygen atoms in total. The van der Waals surface area contributed by atoms with Gasteiger partial charge in [0, 0.05) is 32.2 Å². The Labute approximate surface area is 86.0 Å². The number of nitrogens with one attached hydrogen (secondary N) is 2. The molecule has 0 aromatic rings. The summed E-state index contributed by atoms with van der Waals surface area (Å²) < 4.78 is 0. The molecule has 0 aliphatic carbocycles. The Hall–Kier alpha value is -0.770. The van der Waals surface area contributed by atoms with Crippen molar-refractivity contribution in [2.75, 3.05) is 26.2 Å². The van der Waals surface area contributed by atoms with E-state index in [1.807, 2.05) is 11.8 Å². The molecule has 0 unspecified atom stereocenters. The molecule has 1 heterocycles. The topological polar surface area (TPSA) is 44.4 Å². The first-order chi connectivity index (χ1) is 6.61. The highest BCUT2D eigenvalue weighted by molar-refractivity contribution is 5.74. The fourth-order valence-corrected chi connectivity index (χ4v) is 1.32. The lowest BCUT2D eigenvalue weighted by molar-refractivity contribution is 0.184. The van der Waals surface area contributed by atoms with Crippen molar-refractivity contribution >= 4 is 6.03 Å². The van der Waals surface area contributed by atoms with Gasteiger partial charge < -0.3 is 15.5 Å². The molecule has 1 saturated heterocycles. The maximum absolute atomic E-state index is 11.7. The summed E-state index contributed by atoms with van der Waals surface area (Å²) in [4.78, 5) is 13.6. The molecule has 1 atom stereocenters. The Balaban J connectivity index is 2.33. The molecule has 2 N–H and O–H groups in total. The van der Waals surface area contributed by atoms with E-state index in [-0.39, 0.29) is 12.1 Å². The highest BCUT2D eigenvalue weighted by Crippen LogP contribution is 2.01. The lowest BCUT2D eigenvalue weighted by Gasteiger charge is -2.29. The van der Waals surface area contributed by atoms with Gasteiger partial charge in [0.1, 0.15) is 0 Å². The van der Waals surface area contributed by atoms with Crippen LogP contribution < -0.4 is 10.6 Å². The summed E-state index contributed by atoms with van der Waals surface area (Å²) in [7, 11) is 0. The molecule has 1 rings (SSSR count). The van der Waals surface area contributed by atoms with Crippen molar-refractivity contribution in [2.24, 2.45) is 5.92 Å². The van der Waals surface area contributed by atoms with Crippen LogP contribution in [0, 0.1) is 5.92 Å². The summed E-state index contributed by atoms with van der Waals surface area (Å²) >= 11 is 0. The van der Waals surface area contributed by atoms with Gasteiger partial charge in [-0.1, -0.05) is 13.8 Å². The van der Waals surface area contributed by atoms with Gasteiger partial charge in [0.15, 0.2) is 0 Å². The van der Waals surface area contributed by atoms with E-state index in [2.05, 4.69) is 24.5 Å². The van der Waals surface area contributed by atoms with Gasteiger partial charge in [-0.3, -0.25) is 0 Å². The van der Waals surface area contributed by atoms with Gasteiger partial charge in [0.05, 0.1) is 0 Å². The molecular weight excluding hydrogens is 178 g/mol. The SMILES string of the molecule is CC(C)[C@H](C)NC(=O)N1CCNCC1. The van der Waals surface area contributed by atoms with Crippen LogP contribution in [0.4, 0.5) is 4.79 Å². The average molecular weight is 199 g/mol. The molecule has 82 valence electrons. The van der Waals surface area contributed by atoms with Crippen LogP contribution in [0.3, 0.4) is 0 Å². The predicted octanol–water partition coefficient (Wildman–Crippen LogP) is 0.646. The minimum atomic E-state index is 0.0766. The average Bonchev–Trinajstić information content (AvgIpc) is 2.19. The number of carbonyl (C=O) groups excluding carboxylic acids is 1. The van der Waals surface area contributed by atoms with E-state index in [1.54, 1.807) is 0 Å². The molecule has 0 saturated carbocycles. The van der Waals surface area contributed by atoms with Crippen molar-refractivity contribution in [1.29, 1.82) is 0 Å². The number of hydrogen-bond donors (Lipinski definition) is 2. The maximum Gasteiger partial charge on any atom is 0.317 e. The van der Waals surface area contributed by atoms with Crippen LogP contribution in [0.15, 0.2) is 0 Å². The zero-order valence-corrected chi connectivity index (χ0v) is 9.34. The first-order valence-electron chi connectivity index (χ1n) is 5.37. The molecule has 1 aliphatic rings. The Morgan fingerprint density at radius 2 is 1.86 bits per heavy atom. The van der Waals surface area contributed by atoms with Crippen molar-refractivity contribution in [3.63, 3.8) is 0 Å². The van der Waals surface area contributed by atoms with Crippen molar-refractivity contribution in [3.05, 3.63) is 0 Å². The molecule has 2 amide bonds. The summed E-state index contributed by atoms with van der Waals surface area (Å²) in [6.45, 7) is 9.72. The van der Waals surface area contributed by atoms with Crippen LogP contribution in [0.1, 0.15) is 20.8 Å². The summed E-state index contributed by atoms with van der Waals surface area (Å²) in [6, 6.07) is 0.324. The highest BCUT2D eigenvalue weighted by Gasteiger charge is 2.18. The smallest absolute Gasteiger partial charge is 0.317 e. The summed E-state index contributed by atoms with van der Waals surface area (Å²) in [5.74, 6) is 0.488. The first-order valence-corrected chi connectivity index (χ1v) is 5.37. The van der Waals surface area contributed by atoms with Crippen LogP contribution in [-0.4, -0.2) is 43.2 Å². The molecule has 0 spiro atoms. The zero-order chi connectivity index (χ0) is 10.6. The van der Waals surface area contributed by atoms with Crippen LogP contribution in [0.5, 0.6) is 0 Å². The third-order valence-corrected chi connectivity index (χ3v) is 2.76. The second-order valence-electron chi connectivity index (χ2n) is 4.22. The monoisotopic (exact) mass is 199 g/mol. The largest absolute Gasteiger partial charge is 0.335 e. The molecule has 0 radical (unpaired) electrons. The standard InChI is InChI=1S/C10H21N3O/c1-8(2)9(3)12-10(14)13-6-4-11-5-7-13/h8-9,11H,4-7H2,1-3H3,(H,12,14)/t9-/m0/s1. The number of rotatable bonds is 2. The van der Waals surface area contributed by atoms with Crippen LogP contribution in [0.25, 0.3) is 0 Å². The molecule has 1 fully saturated rings. The Morgan fingerprint density at radius 1 is 1.29 bits per heavy atom. The first kappa shape index (κ1) is 11.3. The maximum atomic E-state index is 11.7. The van der Waals surface area contributed by atoms with Crippen LogP contribution >= 0.6 is 0 Å². The normalized spacial score (nSPS) is 19.6. The van der Waals surface area contributed by atoms with Crippen molar-refractivity contribution in [2.45, 2.75) is 26.8 Å². The van der Waals surface area contributed by atoms with Crippen LogP contribution in [-0.2, 0) is 0 Å². The van der Waals surface area contributed by atoms with Crippen molar-refractivity contribution in [3.8, 4) is 0 Å². The van der Waals surface area contributed by atoms with E-state index < -0.39 is 0 Å². The van der Waals surface area contributed by atoms with Gasteiger partial charge in [-0.2, -0.15) is 0 Å². The molecular formula is C10H21N3O. The molecule has 0 bridgehead atoms. The Bertz CT molecular complexity index is 188. The Kier molecular flexibility index (Phi) is 4.20. The van der Waals surface area contributed by atoms with E-state index >= 15 is 0 Å². The third kappa shape index (κ3) is 3.18. The highest BCUT2D eigenvalue weighted by atomic mass is 16.2. The van der Waals surface area contributed by atoms with E-state index in [0.717, 1.165) is 26.2 Å². The molecule has 14 heavy (non-hydrogen) atoms. The van der Waals surface area contributed by atoms with E-state index in [0.29, 0.717) is 5.92 Å². The molecule has 0 aromatic heterocycles. The van der Waals surface area contributed by atoms with E-state index in [9.17, 15) is 4.79 Å². The van der Waals surface area contributed by atoms with Gasteiger partial charge in [-0.25, -0.2) is 4.79 Å². The number of piperazine rings is 1.